The minimum Gasteiger partial charge on any atom is -0.382 e. The molecule has 0 spiro atoms. The predicted molar refractivity (Wildman–Crippen MR) is 172 cm³/mol. The molecule has 0 atom stereocenters. The minimum atomic E-state index is -5.22. The zero-order valence-corrected chi connectivity index (χ0v) is 26.2. The van der Waals surface area contributed by atoms with Gasteiger partial charge in [-0.1, -0.05) is 106 Å². The minimum absolute atomic E-state index is 0.0455. The van der Waals surface area contributed by atoms with Gasteiger partial charge in [0, 0.05) is 0 Å². The van der Waals surface area contributed by atoms with Gasteiger partial charge >= 0.3 is 20.6 Å². The first-order chi connectivity index (χ1) is 21.6. The van der Waals surface area contributed by atoms with Crippen LogP contribution in [0.25, 0.3) is 11.1 Å². The number of halogens is 2. The van der Waals surface area contributed by atoms with E-state index < -0.39 is 30.9 Å². The van der Waals surface area contributed by atoms with Gasteiger partial charge in [-0.25, -0.2) is 11.7 Å². The molecule has 5 rings (SSSR count). The Balaban J connectivity index is 1.59. The summed E-state index contributed by atoms with van der Waals surface area (Å²) in [5.74, 6) is 12.1. The van der Waals surface area contributed by atoms with Crippen molar-refractivity contribution in [2.75, 3.05) is 10.2 Å². The Bertz CT molecular complexity index is 1870. The largest absolute Gasteiger partial charge is 0.382 e. The molecule has 22 heteroatoms. The Morgan fingerprint density at radius 3 is 1.20 bits per heavy atom. The van der Waals surface area contributed by atoms with E-state index in [2.05, 4.69) is 10.2 Å². The number of para-hydroxylation sites is 2. The number of hydrogen-bond donors (Lipinski definition) is 6. The molecule has 3 aromatic carbocycles. The third-order valence-corrected chi connectivity index (χ3v) is 8.73. The molecule has 0 fully saturated rings. The smallest absolute Gasteiger partial charge is 0.381 e. The molecule has 0 aliphatic carbocycles. The molecular formula is C24H24Cl2N12O6S2. The zero-order valence-electron chi connectivity index (χ0n) is 23.1. The van der Waals surface area contributed by atoms with Crippen LogP contribution in [0.15, 0.2) is 105 Å². The number of anilines is 2. The molecule has 10 N–H and O–H groups in total. The molecule has 0 saturated carbocycles. The first kappa shape index (κ1) is 32.6. The van der Waals surface area contributed by atoms with E-state index in [1.54, 1.807) is 60.7 Å². The van der Waals surface area contributed by atoms with Crippen molar-refractivity contribution in [1.82, 2.24) is 19.3 Å². The second kappa shape index (κ2) is 12.2. The number of rotatable bonds is 8. The Hall–Kier alpha value is -4.80. The summed E-state index contributed by atoms with van der Waals surface area (Å²) in [7, 11) is -10.4. The van der Waals surface area contributed by atoms with Gasteiger partial charge in [-0.2, -0.15) is 27.1 Å². The highest BCUT2D eigenvalue weighted by Gasteiger charge is 2.41. The Kier molecular flexibility index (Phi) is 8.63. The van der Waals surface area contributed by atoms with Crippen molar-refractivity contribution in [3.8, 4) is 0 Å². The maximum Gasteiger partial charge on any atom is 0.381 e. The summed E-state index contributed by atoms with van der Waals surface area (Å²) in [4.78, 5) is 0. The van der Waals surface area contributed by atoms with E-state index in [0.717, 1.165) is 0 Å². The molecule has 2 aliphatic rings. The average Bonchev–Trinajstić information content (AvgIpc) is 2.99. The fourth-order valence-corrected chi connectivity index (χ4v) is 6.64. The van der Waals surface area contributed by atoms with Crippen molar-refractivity contribution in [2.45, 2.75) is 0 Å². The first-order valence-corrected chi connectivity index (χ1v) is 16.1. The van der Waals surface area contributed by atoms with Crippen LogP contribution in [0, 0.1) is 0 Å². The molecule has 46 heavy (non-hydrogen) atoms. The second-order valence-electron chi connectivity index (χ2n) is 9.19. The standard InChI is InChI=1S/C24H24Cl2N12O6S2/c25-21-19(15-9-3-1-4-10-15)23(27)31-37(35(21)45(39,40)41)33(29)17-13-7-8-14-18(17)34(30)38-32-24(28)20(16-11-5-2-6-12-16)22(26)36(38)46(42,43)44/h1-14H,29-30H2,(H2,27,31)(H2,28,32)(H,39,40,41)(H,42,43,44). The van der Waals surface area contributed by atoms with Crippen molar-refractivity contribution in [2.24, 2.45) is 33.4 Å². The second-order valence-corrected chi connectivity index (χ2v) is 12.4. The number of hydrogen-bond acceptors (Lipinski definition) is 14. The van der Waals surface area contributed by atoms with Crippen LogP contribution >= 0.6 is 23.2 Å². The van der Waals surface area contributed by atoms with Crippen molar-refractivity contribution in [3.05, 3.63) is 106 Å². The Morgan fingerprint density at radius 2 is 0.891 bits per heavy atom. The van der Waals surface area contributed by atoms with Gasteiger partial charge in [-0.15, -0.1) is 19.0 Å². The van der Waals surface area contributed by atoms with Crippen LogP contribution in [0.4, 0.5) is 11.4 Å². The van der Waals surface area contributed by atoms with Crippen LogP contribution in [0.3, 0.4) is 0 Å². The van der Waals surface area contributed by atoms with Gasteiger partial charge in [0.25, 0.3) is 0 Å². The molecule has 0 bridgehead atoms. The molecule has 0 aromatic heterocycles. The van der Waals surface area contributed by atoms with Crippen LogP contribution < -0.4 is 33.4 Å². The van der Waals surface area contributed by atoms with E-state index in [9.17, 15) is 25.9 Å². The topological polar surface area (TPSA) is 257 Å². The van der Waals surface area contributed by atoms with Crippen molar-refractivity contribution in [1.29, 1.82) is 0 Å². The van der Waals surface area contributed by atoms with Crippen LogP contribution in [0.2, 0.25) is 0 Å². The number of nitrogens with zero attached hydrogens (tertiary/aromatic N) is 8. The maximum atomic E-state index is 12.6. The fourth-order valence-electron chi connectivity index (χ4n) is 4.38. The van der Waals surface area contributed by atoms with Gasteiger partial charge in [0.2, 0.25) is 0 Å². The van der Waals surface area contributed by atoms with Gasteiger partial charge in [-0.05, 0) is 23.3 Å². The van der Waals surface area contributed by atoms with Gasteiger partial charge in [0.05, 0.1) is 11.1 Å². The first-order valence-electron chi connectivity index (χ1n) is 12.6. The normalized spacial score (nSPS) is 16.0. The van der Waals surface area contributed by atoms with Crippen LogP contribution in [-0.4, -0.2) is 56.9 Å². The van der Waals surface area contributed by atoms with E-state index in [1.165, 1.54) is 24.3 Å². The number of hydrazone groups is 2. The third kappa shape index (κ3) is 5.93. The van der Waals surface area contributed by atoms with Gasteiger partial charge in [-0.3, -0.25) is 9.11 Å². The molecule has 0 radical (unpaired) electrons. The summed E-state index contributed by atoms with van der Waals surface area (Å²) in [6.45, 7) is 0. The summed E-state index contributed by atoms with van der Waals surface area (Å²) in [6.07, 6.45) is 0. The van der Waals surface area contributed by atoms with E-state index in [0.29, 0.717) is 31.8 Å². The predicted octanol–water partition coefficient (Wildman–Crippen LogP) is 1.31. The molecule has 0 amide bonds. The van der Waals surface area contributed by atoms with Crippen LogP contribution in [0.5, 0.6) is 0 Å². The van der Waals surface area contributed by atoms with Crippen LogP contribution in [-0.2, 0) is 20.6 Å². The monoisotopic (exact) mass is 710 g/mol. The summed E-state index contributed by atoms with van der Waals surface area (Å²) < 4.78 is 71.0. The molecule has 2 heterocycles. The number of benzene rings is 3. The van der Waals surface area contributed by atoms with E-state index in [1.807, 2.05) is 0 Å². The lowest BCUT2D eigenvalue weighted by atomic mass is 10.1. The average molecular weight is 712 g/mol. The molecular weight excluding hydrogens is 687 g/mol. The lowest BCUT2D eigenvalue weighted by Crippen LogP contribution is -2.59. The van der Waals surface area contributed by atoms with E-state index in [-0.39, 0.29) is 43.0 Å². The zero-order chi connectivity index (χ0) is 33.6. The summed E-state index contributed by atoms with van der Waals surface area (Å²) >= 11 is 12.9. The fraction of sp³-hybridized carbons (Fsp3) is 0. The summed E-state index contributed by atoms with van der Waals surface area (Å²) in [5, 5.41) is 8.83. The van der Waals surface area contributed by atoms with Gasteiger partial charge in [0.1, 0.15) is 11.4 Å². The molecule has 0 unspecified atom stereocenters. The van der Waals surface area contributed by atoms with Crippen molar-refractivity contribution < 1.29 is 25.9 Å². The SMILES string of the molecule is NC1=NN(N(N)c2ccccc2N(N)N2N=C(N)C(c3ccccc3)=C(Cl)N2S(=O)(=O)O)N(S(=O)(=O)O)C(Cl)=C1c1ccccc1. The number of amidine groups is 2. The molecule has 2 aliphatic heterocycles. The summed E-state index contributed by atoms with van der Waals surface area (Å²) in [5.41, 5.74) is 12.6. The van der Waals surface area contributed by atoms with E-state index in [4.69, 9.17) is 46.4 Å². The lowest BCUT2D eigenvalue weighted by Gasteiger charge is -2.42. The number of hydrazine groups is 6. The highest BCUT2D eigenvalue weighted by atomic mass is 35.5. The lowest BCUT2D eigenvalue weighted by molar-refractivity contribution is 0.0674. The van der Waals surface area contributed by atoms with Crippen molar-refractivity contribution >= 4 is 78.0 Å². The Morgan fingerprint density at radius 1 is 0.587 bits per heavy atom. The third-order valence-electron chi connectivity index (χ3n) is 6.30. The molecule has 3 aromatic rings. The number of nitrogens with two attached hydrogens (primary N) is 4. The molecule has 242 valence electrons. The Labute approximate surface area is 272 Å². The maximum absolute atomic E-state index is 12.6. The van der Waals surface area contributed by atoms with Crippen LogP contribution in [0.1, 0.15) is 11.1 Å². The summed E-state index contributed by atoms with van der Waals surface area (Å²) in [6, 6.07) is 21.8. The van der Waals surface area contributed by atoms with E-state index >= 15 is 0 Å². The van der Waals surface area contributed by atoms with Crippen molar-refractivity contribution in [3.63, 3.8) is 0 Å². The van der Waals surface area contributed by atoms with Gasteiger partial charge in [0.15, 0.2) is 22.0 Å². The quantitative estimate of drug-likeness (QED) is 0.0834. The highest BCUT2D eigenvalue weighted by molar-refractivity contribution is 7.83. The highest BCUT2D eigenvalue weighted by Crippen LogP contribution is 2.38. The van der Waals surface area contributed by atoms with Gasteiger partial charge < -0.3 is 11.5 Å². The molecule has 0 saturated heterocycles. The molecule has 18 nitrogen and oxygen atoms in total.